The number of nitrogens with one attached hydrogen (secondary N) is 1. The molecule has 0 fully saturated rings. The molecule has 1 aliphatic heterocycles. The Bertz CT molecular complexity index is 506. The zero-order valence-corrected chi connectivity index (χ0v) is 13.5. The Labute approximate surface area is 128 Å². The Morgan fingerprint density at radius 3 is 2.65 bits per heavy atom. The SMILES string of the molecule is CC(C)(CNC(=O)C1=CCOCC1)c1ccc(Br)cc1. The molecule has 0 aliphatic carbocycles. The smallest absolute Gasteiger partial charge is 0.247 e. The van der Waals surface area contributed by atoms with E-state index in [2.05, 4.69) is 47.2 Å². The van der Waals surface area contributed by atoms with Crippen LogP contribution in [0.25, 0.3) is 0 Å². The maximum Gasteiger partial charge on any atom is 0.247 e. The number of carbonyl (C=O) groups is 1. The van der Waals surface area contributed by atoms with Gasteiger partial charge in [-0.2, -0.15) is 0 Å². The van der Waals surface area contributed by atoms with Crippen LogP contribution in [-0.4, -0.2) is 25.7 Å². The molecule has 3 nitrogen and oxygen atoms in total. The molecule has 1 aromatic carbocycles. The summed E-state index contributed by atoms with van der Waals surface area (Å²) >= 11 is 3.44. The highest BCUT2D eigenvalue weighted by Crippen LogP contribution is 2.24. The predicted molar refractivity (Wildman–Crippen MR) is 83.7 cm³/mol. The molecule has 1 aliphatic rings. The topological polar surface area (TPSA) is 38.3 Å². The van der Waals surface area contributed by atoms with Gasteiger partial charge in [0.15, 0.2) is 0 Å². The van der Waals surface area contributed by atoms with E-state index in [9.17, 15) is 4.79 Å². The van der Waals surface area contributed by atoms with Crippen molar-refractivity contribution in [3.05, 3.63) is 46.0 Å². The Hall–Kier alpha value is -1.13. The number of hydrogen-bond acceptors (Lipinski definition) is 2. The summed E-state index contributed by atoms with van der Waals surface area (Å²) in [5, 5.41) is 3.03. The summed E-state index contributed by atoms with van der Waals surface area (Å²) in [6.07, 6.45) is 2.57. The van der Waals surface area contributed by atoms with E-state index in [1.165, 1.54) is 5.56 Å². The van der Waals surface area contributed by atoms with E-state index in [1.54, 1.807) is 0 Å². The average Bonchev–Trinajstić information content (AvgIpc) is 2.46. The Kier molecular flexibility index (Phi) is 5.00. The lowest BCUT2D eigenvalue weighted by Gasteiger charge is -2.26. The average molecular weight is 338 g/mol. The second kappa shape index (κ2) is 6.55. The molecule has 20 heavy (non-hydrogen) atoms. The van der Waals surface area contributed by atoms with Crippen molar-refractivity contribution in [2.45, 2.75) is 25.7 Å². The molecule has 0 bridgehead atoms. The molecule has 0 saturated carbocycles. The first-order valence-corrected chi connectivity index (χ1v) is 7.59. The molecular weight excluding hydrogens is 318 g/mol. The van der Waals surface area contributed by atoms with Crippen LogP contribution in [0.1, 0.15) is 25.8 Å². The molecule has 108 valence electrons. The molecule has 0 atom stereocenters. The monoisotopic (exact) mass is 337 g/mol. The summed E-state index contributed by atoms with van der Waals surface area (Å²) in [6.45, 7) is 6.06. The summed E-state index contributed by atoms with van der Waals surface area (Å²) in [5.41, 5.74) is 1.95. The van der Waals surface area contributed by atoms with Gasteiger partial charge >= 0.3 is 0 Å². The normalized spacial score (nSPS) is 15.7. The van der Waals surface area contributed by atoms with Gasteiger partial charge in [0.05, 0.1) is 13.2 Å². The number of ether oxygens (including phenoxy) is 1. The molecule has 4 heteroatoms. The highest BCUT2D eigenvalue weighted by molar-refractivity contribution is 9.10. The standard InChI is InChI=1S/C16H20BrNO2/c1-16(2,13-3-5-14(17)6-4-13)11-18-15(19)12-7-9-20-10-8-12/h3-7H,8-11H2,1-2H3,(H,18,19). The number of carbonyl (C=O) groups excluding carboxylic acids is 1. The van der Waals surface area contributed by atoms with E-state index in [4.69, 9.17) is 4.74 Å². The van der Waals surface area contributed by atoms with Crippen molar-refractivity contribution >= 4 is 21.8 Å². The van der Waals surface area contributed by atoms with Crippen LogP contribution in [0.15, 0.2) is 40.4 Å². The molecule has 1 amide bonds. The maximum absolute atomic E-state index is 12.1. The van der Waals surface area contributed by atoms with Gasteiger partial charge in [-0.25, -0.2) is 0 Å². The number of amides is 1. The maximum atomic E-state index is 12.1. The lowest BCUT2D eigenvalue weighted by molar-refractivity contribution is -0.118. The number of benzene rings is 1. The molecule has 0 aromatic heterocycles. The van der Waals surface area contributed by atoms with Gasteiger partial charge in [-0.1, -0.05) is 48.0 Å². The summed E-state index contributed by atoms with van der Waals surface area (Å²) in [6, 6.07) is 8.23. The van der Waals surface area contributed by atoms with E-state index < -0.39 is 0 Å². The van der Waals surface area contributed by atoms with Gasteiger partial charge in [-0.15, -0.1) is 0 Å². The fraction of sp³-hybridized carbons (Fsp3) is 0.438. The van der Waals surface area contributed by atoms with Crippen molar-refractivity contribution in [2.75, 3.05) is 19.8 Å². The van der Waals surface area contributed by atoms with Crippen molar-refractivity contribution in [1.82, 2.24) is 5.32 Å². The van der Waals surface area contributed by atoms with Gasteiger partial charge in [-0.3, -0.25) is 4.79 Å². The van der Waals surface area contributed by atoms with Crippen LogP contribution in [0, 0.1) is 0 Å². The van der Waals surface area contributed by atoms with E-state index >= 15 is 0 Å². The van der Waals surface area contributed by atoms with Crippen molar-refractivity contribution < 1.29 is 9.53 Å². The van der Waals surface area contributed by atoms with Crippen molar-refractivity contribution in [3.63, 3.8) is 0 Å². The first-order valence-electron chi connectivity index (χ1n) is 6.80. The highest BCUT2D eigenvalue weighted by Gasteiger charge is 2.22. The predicted octanol–water partition coefficient (Wildman–Crippen LogP) is 3.19. The third-order valence-electron chi connectivity index (χ3n) is 3.57. The lowest BCUT2D eigenvalue weighted by Crippen LogP contribution is -2.37. The van der Waals surface area contributed by atoms with Crippen LogP contribution in [-0.2, 0) is 14.9 Å². The van der Waals surface area contributed by atoms with Crippen LogP contribution in [0.5, 0.6) is 0 Å². The van der Waals surface area contributed by atoms with Gasteiger partial charge < -0.3 is 10.1 Å². The van der Waals surface area contributed by atoms with Crippen LogP contribution in [0.2, 0.25) is 0 Å². The summed E-state index contributed by atoms with van der Waals surface area (Å²) in [5.74, 6) is 0.0264. The molecule has 2 rings (SSSR count). The third kappa shape index (κ3) is 3.93. The lowest BCUT2D eigenvalue weighted by atomic mass is 9.84. The first-order chi connectivity index (χ1) is 9.49. The minimum absolute atomic E-state index is 0.0264. The van der Waals surface area contributed by atoms with Crippen molar-refractivity contribution in [2.24, 2.45) is 0 Å². The highest BCUT2D eigenvalue weighted by atomic mass is 79.9. The Morgan fingerprint density at radius 2 is 2.05 bits per heavy atom. The van der Waals surface area contributed by atoms with E-state index in [1.807, 2.05) is 18.2 Å². The van der Waals surface area contributed by atoms with Crippen LogP contribution >= 0.6 is 15.9 Å². The molecule has 1 N–H and O–H groups in total. The van der Waals surface area contributed by atoms with Gasteiger partial charge in [0, 0.05) is 28.4 Å². The Morgan fingerprint density at radius 1 is 1.35 bits per heavy atom. The Balaban J connectivity index is 1.96. The second-order valence-electron chi connectivity index (χ2n) is 5.63. The summed E-state index contributed by atoms with van der Waals surface area (Å²) in [4.78, 5) is 12.1. The fourth-order valence-electron chi connectivity index (χ4n) is 2.15. The van der Waals surface area contributed by atoms with Crippen molar-refractivity contribution in [3.8, 4) is 0 Å². The minimum Gasteiger partial charge on any atom is -0.377 e. The van der Waals surface area contributed by atoms with Crippen molar-refractivity contribution in [1.29, 1.82) is 0 Å². The number of halogens is 1. The third-order valence-corrected chi connectivity index (χ3v) is 4.10. The van der Waals surface area contributed by atoms with E-state index in [-0.39, 0.29) is 11.3 Å². The van der Waals surface area contributed by atoms with Gasteiger partial charge in [0.1, 0.15) is 0 Å². The van der Waals surface area contributed by atoms with Gasteiger partial charge in [0.2, 0.25) is 5.91 Å². The second-order valence-corrected chi connectivity index (χ2v) is 6.54. The fourth-order valence-corrected chi connectivity index (χ4v) is 2.42. The van der Waals surface area contributed by atoms with Crippen LogP contribution in [0.4, 0.5) is 0 Å². The largest absolute Gasteiger partial charge is 0.377 e. The number of hydrogen-bond donors (Lipinski definition) is 1. The molecule has 1 heterocycles. The molecule has 0 spiro atoms. The van der Waals surface area contributed by atoms with Crippen LogP contribution in [0.3, 0.4) is 0 Å². The van der Waals surface area contributed by atoms with E-state index in [0.29, 0.717) is 26.2 Å². The van der Waals surface area contributed by atoms with Crippen LogP contribution < -0.4 is 5.32 Å². The molecule has 0 saturated heterocycles. The summed E-state index contributed by atoms with van der Waals surface area (Å²) in [7, 11) is 0. The number of rotatable bonds is 4. The summed E-state index contributed by atoms with van der Waals surface area (Å²) < 4.78 is 6.28. The van der Waals surface area contributed by atoms with E-state index in [0.717, 1.165) is 10.0 Å². The first kappa shape index (κ1) is 15.3. The zero-order valence-electron chi connectivity index (χ0n) is 11.9. The molecule has 0 radical (unpaired) electrons. The quantitative estimate of drug-likeness (QED) is 0.916. The molecular formula is C16H20BrNO2. The molecule has 0 unspecified atom stereocenters. The minimum atomic E-state index is -0.0952. The van der Waals surface area contributed by atoms with Gasteiger partial charge in [0.25, 0.3) is 0 Å². The molecule has 1 aromatic rings. The zero-order chi connectivity index (χ0) is 14.6. The van der Waals surface area contributed by atoms with Gasteiger partial charge in [-0.05, 0) is 17.7 Å².